The number of rotatable bonds is 12. The van der Waals surface area contributed by atoms with Crippen molar-refractivity contribution in [2.24, 2.45) is 5.92 Å². The van der Waals surface area contributed by atoms with Crippen LogP contribution in [0.15, 0.2) is 53.4 Å². The number of aryl methyl sites for hydroxylation is 1. The second kappa shape index (κ2) is 16.8. The number of likely N-dealkylation sites (tertiary alicyclic amines) is 1. The first kappa shape index (κ1) is 31.3. The quantitative estimate of drug-likeness (QED) is 0.178. The van der Waals surface area contributed by atoms with E-state index in [0.717, 1.165) is 30.3 Å². The minimum absolute atomic E-state index is 0.0794. The van der Waals surface area contributed by atoms with Gasteiger partial charge in [-0.2, -0.15) is 0 Å². The van der Waals surface area contributed by atoms with E-state index in [1.165, 1.54) is 31.5 Å². The molecule has 3 rings (SSSR count). The Hall–Kier alpha value is -3.92. The fraction of sp³-hybridized carbons (Fsp3) is 0.448. The molecule has 212 valence electrons. The van der Waals surface area contributed by atoms with Gasteiger partial charge < -0.3 is 20.3 Å². The molecule has 1 saturated heterocycles. The number of H-pyrrole nitrogens is 1. The average molecular weight is 541 g/mol. The van der Waals surface area contributed by atoms with Gasteiger partial charge in [-0.05, 0) is 69.7 Å². The second-order valence-corrected chi connectivity index (χ2v) is 9.52. The smallest absolute Gasteiger partial charge is 0.328 e. The Kier molecular flexibility index (Phi) is 13.5. The van der Waals surface area contributed by atoms with Crippen LogP contribution in [0.3, 0.4) is 0 Å². The maximum Gasteiger partial charge on any atom is 0.328 e. The normalized spacial score (nSPS) is 15.6. The molecule has 39 heavy (non-hydrogen) atoms. The zero-order valence-electron chi connectivity index (χ0n) is 23.0. The second-order valence-electron chi connectivity index (χ2n) is 9.52. The summed E-state index contributed by atoms with van der Waals surface area (Å²) in [5.41, 5.74) is 2.70. The highest BCUT2D eigenvalue weighted by Crippen LogP contribution is 2.20. The zero-order chi connectivity index (χ0) is 28.6. The molecular formula is C29H40N4O6. The number of carboxylic acid groups (broad SMARTS) is 2. The number of allylic oxidation sites excluding steroid dienone is 2. The molecule has 1 aliphatic heterocycles. The summed E-state index contributed by atoms with van der Waals surface area (Å²) in [7, 11) is 0. The van der Waals surface area contributed by atoms with Crippen LogP contribution in [-0.2, 0) is 22.6 Å². The summed E-state index contributed by atoms with van der Waals surface area (Å²) in [5, 5.41) is 18.8. The van der Waals surface area contributed by atoms with Gasteiger partial charge in [-0.25, -0.2) is 14.6 Å². The number of carbonyl (C=O) groups is 2. The third-order valence-electron chi connectivity index (χ3n) is 6.08. The first-order valence-electron chi connectivity index (χ1n) is 13.2. The highest BCUT2D eigenvalue weighted by molar-refractivity contribution is 5.89. The van der Waals surface area contributed by atoms with Gasteiger partial charge in [-0.1, -0.05) is 31.2 Å². The number of hydrogen-bond acceptors (Lipinski definition) is 7. The standard InChI is InChI=1S/C25H36N4O2.C4H4O4/c1-4-5-12-23-20(3)27-25(28-24(23)30)26-13-8-15-31-22-11-6-10-21(16-22)18-29-14-7-9-19(2)17-29;5-3(6)1-2-4(7)8/h4-6,10-11,16,19H,7-9,12-15,17-18H2,1-3H3,(H2,26,27,28,30);1-2H,(H,5,6)(H,7,8)/b5-4+;2-1-/t19-;/m1./s1. The summed E-state index contributed by atoms with van der Waals surface area (Å²) in [5.74, 6) is -0.291. The Bertz CT molecular complexity index is 1170. The van der Waals surface area contributed by atoms with Gasteiger partial charge in [0.2, 0.25) is 5.95 Å². The number of hydrogen-bond donors (Lipinski definition) is 4. The van der Waals surface area contributed by atoms with Crippen molar-refractivity contribution in [3.05, 3.63) is 75.7 Å². The number of aliphatic carboxylic acids is 2. The molecule has 10 heteroatoms. The van der Waals surface area contributed by atoms with E-state index >= 15 is 0 Å². The Balaban J connectivity index is 0.000000580. The first-order chi connectivity index (χ1) is 18.7. The topological polar surface area (TPSA) is 145 Å². The van der Waals surface area contributed by atoms with Crippen molar-refractivity contribution in [2.45, 2.75) is 53.0 Å². The summed E-state index contributed by atoms with van der Waals surface area (Å²) in [4.78, 5) is 41.2. The van der Waals surface area contributed by atoms with Crippen LogP contribution in [0, 0.1) is 12.8 Å². The van der Waals surface area contributed by atoms with Crippen molar-refractivity contribution in [3.8, 4) is 5.75 Å². The minimum atomic E-state index is -1.26. The van der Waals surface area contributed by atoms with Crippen LogP contribution in [0.5, 0.6) is 5.75 Å². The molecule has 0 saturated carbocycles. The maximum atomic E-state index is 12.2. The third-order valence-corrected chi connectivity index (χ3v) is 6.08. The molecule has 1 aromatic carbocycles. The van der Waals surface area contributed by atoms with Crippen molar-refractivity contribution in [3.63, 3.8) is 0 Å². The van der Waals surface area contributed by atoms with Crippen LogP contribution < -0.4 is 15.6 Å². The van der Waals surface area contributed by atoms with Gasteiger partial charge in [0.25, 0.3) is 5.56 Å². The van der Waals surface area contributed by atoms with Gasteiger partial charge in [0.1, 0.15) is 5.75 Å². The van der Waals surface area contributed by atoms with E-state index in [1.54, 1.807) is 0 Å². The van der Waals surface area contributed by atoms with Gasteiger partial charge in [0.15, 0.2) is 0 Å². The summed E-state index contributed by atoms with van der Waals surface area (Å²) < 4.78 is 5.95. The number of nitrogens with one attached hydrogen (secondary N) is 2. The Morgan fingerprint density at radius 2 is 2.00 bits per heavy atom. The number of carboxylic acids is 2. The van der Waals surface area contributed by atoms with Crippen molar-refractivity contribution >= 4 is 17.9 Å². The fourth-order valence-corrected chi connectivity index (χ4v) is 4.20. The van der Waals surface area contributed by atoms with E-state index in [2.05, 4.69) is 45.3 Å². The van der Waals surface area contributed by atoms with Crippen LogP contribution in [0.2, 0.25) is 0 Å². The van der Waals surface area contributed by atoms with Gasteiger partial charge in [-0.3, -0.25) is 14.7 Å². The number of aromatic nitrogens is 2. The maximum absolute atomic E-state index is 12.2. The number of aromatic amines is 1. The highest BCUT2D eigenvalue weighted by atomic mass is 16.5. The number of ether oxygens (including phenoxy) is 1. The summed E-state index contributed by atoms with van der Waals surface area (Å²) in [6.45, 7) is 10.8. The predicted octanol–water partition coefficient (Wildman–Crippen LogP) is 4.02. The van der Waals surface area contributed by atoms with Crippen LogP contribution in [0.1, 0.15) is 49.9 Å². The molecule has 2 aromatic rings. The molecule has 1 aliphatic rings. The third kappa shape index (κ3) is 12.4. The molecule has 10 nitrogen and oxygen atoms in total. The van der Waals surface area contributed by atoms with Gasteiger partial charge in [0, 0.05) is 37.3 Å². The average Bonchev–Trinajstić information content (AvgIpc) is 2.87. The van der Waals surface area contributed by atoms with Gasteiger partial charge in [0.05, 0.1) is 12.3 Å². The molecule has 0 bridgehead atoms. The van der Waals surface area contributed by atoms with E-state index in [9.17, 15) is 14.4 Å². The highest BCUT2D eigenvalue weighted by Gasteiger charge is 2.16. The summed E-state index contributed by atoms with van der Waals surface area (Å²) >= 11 is 0. The number of anilines is 1. The molecule has 0 aliphatic carbocycles. The minimum Gasteiger partial charge on any atom is -0.494 e. The Morgan fingerprint density at radius 3 is 2.64 bits per heavy atom. The molecule has 2 heterocycles. The van der Waals surface area contributed by atoms with Gasteiger partial charge in [-0.15, -0.1) is 0 Å². The van der Waals surface area contributed by atoms with Crippen molar-refractivity contribution in [1.29, 1.82) is 0 Å². The van der Waals surface area contributed by atoms with Crippen LogP contribution in [0.25, 0.3) is 0 Å². The van der Waals surface area contributed by atoms with Crippen LogP contribution >= 0.6 is 0 Å². The zero-order valence-corrected chi connectivity index (χ0v) is 23.0. The number of benzene rings is 1. The lowest BCUT2D eigenvalue weighted by Gasteiger charge is -2.30. The lowest BCUT2D eigenvalue weighted by Crippen LogP contribution is -2.33. The monoisotopic (exact) mass is 540 g/mol. The fourth-order valence-electron chi connectivity index (χ4n) is 4.20. The van der Waals surface area contributed by atoms with Gasteiger partial charge >= 0.3 is 11.9 Å². The van der Waals surface area contributed by atoms with Crippen LogP contribution in [-0.4, -0.2) is 63.3 Å². The number of piperidine rings is 1. The predicted molar refractivity (Wildman–Crippen MR) is 151 cm³/mol. The van der Waals surface area contributed by atoms with E-state index < -0.39 is 11.9 Å². The molecule has 0 unspecified atom stereocenters. The molecule has 0 amide bonds. The van der Waals surface area contributed by atoms with Crippen molar-refractivity contribution in [1.82, 2.24) is 14.9 Å². The summed E-state index contributed by atoms with van der Waals surface area (Å²) in [6, 6.07) is 8.42. The van der Waals surface area contributed by atoms with E-state index in [4.69, 9.17) is 14.9 Å². The molecule has 0 spiro atoms. The Morgan fingerprint density at radius 1 is 1.26 bits per heavy atom. The van der Waals surface area contributed by atoms with Crippen LogP contribution in [0.4, 0.5) is 5.95 Å². The molecule has 1 atom stereocenters. The summed E-state index contributed by atoms with van der Waals surface area (Å²) in [6.07, 6.45) is 9.08. The van der Waals surface area contributed by atoms with Crippen molar-refractivity contribution in [2.75, 3.05) is 31.6 Å². The molecule has 0 radical (unpaired) electrons. The van der Waals surface area contributed by atoms with Crippen molar-refractivity contribution < 1.29 is 24.5 Å². The van der Waals surface area contributed by atoms with E-state index in [0.29, 0.717) is 43.2 Å². The lowest BCUT2D eigenvalue weighted by molar-refractivity contribution is -0.134. The largest absolute Gasteiger partial charge is 0.494 e. The molecule has 4 N–H and O–H groups in total. The molecule has 1 fully saturated rings. The SMILES string of the molecule is C/C=C/Cc1c(C)nc(NCCCOc2cccc(CN3CCC[C@@H](C)C3)c2)[nH]c1=O.O=C(O)/C=C\C(=O)O. The lowest BCUT2D eigenvalue weighted by atomic mass is 10.00. The van der Waals surface area contributed by atoms with E-state index in [-0.39, 0.29) is 5.56 Å². The Labute approximate surface area is 229 Å². The first-order valence-corrected chi connectivity index (χ1v) is 13.2. The molecule has 1 aromatic heterocycles. The number of nitrogens with zero attached hydrogens (tertiary/aromatic N) is 2. The molecular weight excluding hydrogens is 500 g/mol. The van der Waals surface area contributed by atoms with E-state index in [1.807, 2.05) is 32.1 Å².